The molecule has 0 bridgehead atoms. The number of carbonyl (C=O) groups excluding carboxylic acids is 3. The van der Waals surface area contributed by atoms with Gasteiger partial charge < -0.3 is 29.7 Å². The second kappa shape index (κ2) is 16.7. The minimum atomic E-state index is -0.618. The Hall–Kier alpha value is -4.12. The molecule has 10 nitrogen and oxygen atoms in total. The lowest BCUT2D eigenvalue weighted by atomic mass is 9.97. The van der Waals surface area contributed by atoms with E-state index in [0.29, 0.717) is 17.0 Å². The topological polar surface area (TPSA) is 110 Å². The maximum atomic E-state index is 13.6. The number of methoxy groups -OCH3 is 2. The van der Waals surface area contributed by atoms with Crippen LogP contribution in [0.1, 0.15) is 52.4 Å². The normalized spacial score (nSPS) is 10.6. The number of aromatic nitrogens is 1. The molecule has 44 heavy (non-hydrogen) atoms. The van der Waals surface area contributed by atoms with Crippen molar-refractivity contribution in [3.8, 4) is 11.5 Å². The summed E-state index contributed by atoms with van der Waals surface area (Å²) in [6.07, 6.45) is 4.14. The van der Waals surface area contributed by atoms with E-state index in [1.165, 1.54) is 0 Å². The number of nitrogens with one attached hydrogen (secondary N) is 2. The van der Waals surface area contributed by atoms with Gasteiger partial charge in [0.05, 0.1) is 31.8 Å². The SMILES string of the molecule is CCC[n+]1cc(Br)cc(C(=O)N(CCC(=O)NCCOC(=O)NCc2c(C)c(OC)c(C)c(C)c2OC)c2ccccc2)c1. The van der Waals surface area contributed by atoms with Crippen LogP contribution in [0.2, 0.25) is 0 Å². The Morgan fingerprint density at radius 2 is 1.61 bits per heavy atom. The zero-order chi connectivity index (χ0) is 32.2. The molecule has 3 aromatic rings. The van der Waals surface area contributed by atoms with E-state index in [0.717, 1.165) is 45.4 Å². The minimum absolute atomic E-state index is 0.0132. The fourth-order valence-electron chi connectivity index (χ4n) is 5.01. The first kappa shape index (κ1) is 34.4. The first-order chi connectivity index (χ1) is 21.1. The third kappa shape index (κ3) is 8.95. The van der Waals surface area contributed by atoms with Gasteiger partial charge >= 0.3 is 6.09 Å². The molecule has 0 saturated heterocycles. The van der Waals surface area contributed by atoms with Crippen molar-refractivity contribution in [3.63, 3.8) is 0 Å². The number of nitrogens with zero attached hydrogens (tertiary/aromatic N) is 2. The van der Waals surface area contributed by atoms with E-state index in [1.807, 2.05) is 68.1 Å². The Labute approximate surface area is 267 Å². The van der Waals surface area contributed by atoms with E-state index in [9.17, 15) is 14.4 Å². The van der Waals surface area contributed by atoms with Crippen molar-refractivity contribution in [2.24, 2.45) is 0 Å². The van der Waals surface area contributed by atoms with Crippen LogP contribution in [0.5, 0.6) is 11.5 Å². The minimum Gasteiger partial charge on any atom is -0.496 e. The fourth-order valence-corrected chi connectivity index (χ4v) is 5.52. The Morgan fingerprint density at radius 1 is 0.932 bits per heavy atom. The number of alkyl carbamates (subject to hydrolysis) is 1. The number of para-hydroxylation sites is 1. The number of halogens is 1. The zero-order valence-corrected chi connectivity index (χ0v) is 27.9. The highest BCUT2D eigenvalue weighted by atomic mass is 79.9. The number of rotatable bonds is 14. The first-order valence-electron chi connectivity index (χ1n) is 14.6. The summed E-state index contributed by atoms with van der Waals surface area (Å²) in [6, 6.07) is 11.0. The molecule has 236 valence electrons. The number of hydrogen-bond donors (Lipinski definition) is 2. The molecular weight excluding hydrogens is 628 g/mol. The first-order valence-corrected chi connectivity index (χ1v) is 15.3. The Bertz CT molecular complexity index is 1460. The van der Waals surface area contributed by atoms with Gasteiger partial charge in [-0.05, 0) is 71.6 Å². The van der Waals surface area contributed by atoms with Crippen molar-refractivity contribution in [1.29, 1.82) is 0 Å². The third-order valence-electron chi connectivity index (χ3n) is 7.28. The summed E-state index contributed by atoms with van der Waals surface area (Å²) in [4.78, 5) is 40.2. The Morgan fingerprint density at radius 3 is 2.27 bits per heavy atom. The molecule has 0 radical (unpaired) electrons. The summed E-state index contributed by atoms with van der Waals surface area (Å²) in [5, 5.41) is 5.50. The summed E-state index contributed by atoms with van der Waals surface area (Å²) in [5.41, 5.74) is 4.81. The molecule has 0 fully saturated rings. The summed E-state index contributed by atoms with van der Waals surface area (Å²) in [6.45, 7) is 9.16. The highest BCUT2D eigenvalue weighted by Gasteiger charge is 2.22. The highest BCUT2D eigenvalue weighted by molar-refractivity contribution is 9.10. The summed E-state index contributed by atoms with van der Waals surface area (Å²) >= 11 is 3.50. The Kier molecular flexibility index (Phi) is 13.0. The molecule has 3 amide bonds. The van der Waals surface area contributed by atoms with Gasteiger partial charge in [-0.3, -0.25) is 9.59 Å². The molecule has 0 atom stereocenters. The van der Waals surface area contributed by atoms with Gasteiger partial charge in [-0.15, -0.1) is 0 Å². The molecule has 3 rings (SSSR count). The van der Waals surface area contributed by atoms with Crippen LogP contribution in [0.4, 0.5) is 10.5 Å². The smallest absolute Gasteiger partial charge is 0.407 e. The lowest BCUT2D eigenvalue weighted by Gasteiger charge is -2.22. The largest absolute Gasteiger partial charge is 0.496 e. The highest BCUT2D eigenvalue weighted by Crippen LogP contribution is 2.37. The second-order valence-electron chi connectivity index (χ2n) is 10.3. The van der Waals surface area contributed by atoms with Crippen molar-refractivity contribution < 1.29 is 33.2 Å². The van der Waals surface area contributed by atoms with Crippen LogP contribution < -0.4 is 29.6 Å². The number of aryl methyl sites for hydroxylation is 1. The van der Waals surface area contributed by atoms with Gasteiger partial charge in [0.2, 0.25) is 5.91 Å². The number of hydrogen-bond acceptors (Lipinski definition) is 6. The van der Waals surface area contributed by atoms with Crippen molar-refractivity contribution in [1.82, 2.24) is 10.6 Å². The van der Waals surface area contributed by atoms with Crippen LogP contribution in [0.3, 0.4) is 0 Å². The molecular formula is C33H42BrN4O6+. The van der Waals surface area contributed by atoms with Crippen LogP contribution >= 0.6 is 15.9 Å². The lowest BCUT2D eigenvalue weighted by molar-refractivity contribution is -0.697. The molecule has 11 heteroatoms. The van der Waals surface area contributed by atoms with E-state index in [-0.39, 0.29) is 44.5 Å². The van der Waals surface area contributed by atoms with E-state index in [2.05, 4.69) is 33.5 Å². The van der Waals surface area contributed by atoms with Gasteiger partial charge in [0, 0.05) is 30.6 Å². The lowest BCUT2D eigenvalue weighted by Crippen LogP contribution is -2.39. The molecule has 1 aromatic heterocycles. The number of amides is 3. The molecule has 1 heterocycles. The predicted molar refractivity (Wildman–Crippen MR) is 172 cm³/mol. The van der Waals surface area contributed by atoms with Crippen molar-refractivity contribution in [3.05, 3.63) is 81.1 Å². The monoisotopic (exact) mass is 669 g/mol. The third-order valence-corrected chi connectivity index (χ3v) is 7.71. The van der Waals surface area contributed by atoms with Gasteiger partial charge in [-0.1, -0.05) is 25.1 Å². The number of benzene rings is 2. The van der Waals surface area contributed by atoms with E-state index >= 15 is 0 Å². The molecule has 0 aliphatic heterocycles. The quantitative estimate of drug-likeness (QED) is 0.181. The Balaban J connectivity index is 1.53. The van der Waals surface area contributed by atoms with Gasteiger partial charge in [0.1, 0.15) is 30.2 Å². The zero-order valence-electron chi connectivity index (χ0n) is 26.3. The molecule has 0 spiro atoms. The number of carbonyl (C=O) groups is 3. The van der Waals surface area contributed by atoms with Crippen LogP contribution in [-0.2, 0) is 22.6 Å². The molecule has 2 aromatic carbocycles. The summed E-state index contributed by atoms with van der Waals surface area (Å²) in [7, 11) is 3.21. The average molecular weight is 671 g/mol. The molecule has 0 aliphatic rings. The van der Waals surface area contributed by atoms with Crippen LogP contribution in [0.15, 0.2) is 53.3 Å². The standard InChI is InChI=1S/C33H41BrN4O6/c1-7-15-37-20-25(18-26(34)21-37)32(40)38(27-11-9-8-10-12-27)16-13-29(39)35-14-17-44-33(41)36-19-28-24(4)30(42-5)22(2)23(3)31(28)43-6/h8-12,18,20-21H,7,13-17,19H2,1-6H3,(H-,35,36,39,41)/p+1. The maximum absolute atomic E-state index is 13.6. The van der Waals surface area contributed by atoms with Gasteiger partial charge in [-0.25, -0.2) is 9.36 Å². The molecule has 0 saturated carbocycles. The summed E-state index contributed by atoms with van der Waals surface area (Å²) in [5.74, 6) is 0.973. The molecule has 0 unspecified atom stereocenters. The van der Waals surface area contributed by atoms with Crippen molar-refractivity contribution >= 4 is 39.5 Å². The van der Waals surface area contributed by atoms with Crippen LogP contribution in [-0.4, -0.2) is 51.8 Å². The van der Waals surface area contributed by atoms with E-state index in [1.54, 1.807) is 25.2 Å². The number of ether oxygens (including phenoxy) is 3. The van der Waals surface area contributed by atoms with Crippen LogP contribution in [0.25, 0.3) is 0 Å². The second-order valence-corrected chi connectivity index (χ2v) is 11.2. The fraction of sp³-hybridized carbons (Fsp3) is 0.394. The van der Waals surface area contributed by atoms with Crippen molar-refractivity contribution in [2.75, 3.05) is 38.8 Å². The van der Waals surface area contributed by atoms with Crippen LogP contribution in [0, 0.1) is 20.8 Å². The number of pyridine rings is 1. The number of anilines is 1. The van der Waals surface area contributed by atoms with Gasteiger partial charge in [-0.2, -0.15) is 0 Å². The average Bonchev–Trinajstić information content (AvgIpc) is 3.01. The van der Waals surface area contributed by atoms with Gasteiger partial charge in [0.15, 0.2) is 12.4 Å². The molecule has 0 aliphatic carbocycles. The molecule has 2 N–H and O–H groups in total. The summed E-state index contributed by atoms with van der Waals surface area (Å²) < 4.78 is 19.2. The predicted octanol–water partition coefficient (Wildman–Crippen LogP) is 5.17. The van der Waals surface area contributed by atoms with E-state index < -0.39 is 6.09 Å². The van der Waals surface area contributed by atoms with Gasteiger partial charge in [0.25, 0.3) is 5.91 Å². The van der Waals surface area contributed by atoms with E-state index in [4.69, 9.17) is 14.2 Å². The van der Waals surface area contributed by atoms with Crippen molar-refractivity contribution in [2.45, 2.75) is 53.6 Å². The maximum Gasteiger partial charge on any atom is 0.407 e.